The van der Waals surface area contributed by atoms with E-state index >= 15 is 0 Å². The average Bonchev–Trinajstić information content (AvgIpc) is 3.14. The van der Waals surface area contributed by atoms with E-state index in [2.05, 4.69) is 39.6 Å². The first-order valence-corrected chi connectivity index (χ1v) is 9.75. The van der Waals surface area contributed by atoms with Crippen molar-refractivity contribution in [2.45, 2.75) is 59.5 Å². The van der Waals surface area contributed by atoms with Crippen LogP contribution in [0.1, 0.15) is 63.5 Å². The number of pyridine rings is 1. The number of rotatable bonds is 10. The van der Waals surface area contributed by atoms with Crippen LogP contribution >= 0.6 is 24.0 Å². The second-order valence-electron chi connectivity index (χ2n) is 6.22. The molecular formula is C20H32IN5O2. The molecule has 2 heterocycles. The Bertz CT molecular complexity index is 716. The fraction of sp³-hybridized carbons (Fsp3) is 0.550. The number of hydrogen-bond donors (Lipinski definition) is 2. The molecule has 0 unspecified atom stereocenters. The van der Waals surface area contributed by atoms with Gasteiger partial charge in [0, 0.05) is 30.8 Å². The van der Waals surface area contributed by atoms with Crippen molar-refractivity contribution in [2.24, 2.45) is 4.99 Å². The van der Waals surface area contributed by atoms with Crippen LogP contribution in [-0.2, 0) is 13.1 Å². The van der Waals surface area contributed by atoms with Gasteiger partial charge in [0.05, 0.1) is 25.4 Å². The lowest BCUT2D eigenvalue weighted by Gasteiger charge is -2.10. The number of nitrogens with zero attached hydrogens (tertiary/aromatic N) is 3. The normalized spacial score (nSPS) is 11.2. The van der Waals surface area contributed by atoms with Gasteiger partial charge >= 0.3 is 0 Å². The van der Waals surface area contributed by atoms with Crippen LogP contribution in [-0.4, -0.2) is 29.3 Å². The Labute approximate surface area is 184 Å². The molecule has 0 aromatic carbocycles. The van der Waals surface area contributed by atoms with E-state index in [0.29, 0.717) is 31.5 Å². The second kappa shape index (κ2) is 13.4. The Morgan fingerprint density at radius 1 is 1.18 bits per heavy atom. The van der Waals surface area contributed by atoms with E-state index in [0.717, 1.165) is 42.4 Å². The maximum Gasteiger partial charge on any atom is 0.213 e. The molecule has 156 valence electrons. The molecule has 2 rings (SSSR count). The number of aliphatic imine (C=N–C) groups is 1. The minimum atomic E-state index is 0. The molecule has 0 spiro atoms. The van der Waals surface area contributed by atoms with Gasteiger partial charge in [-0.05, 0) is 38.3 Å². The fourth-order valence-corrected chi connectivity index (χ4v) is 2.77. The van der Waals surface area contributed by atoms with Crippen molar-refractivity contribution < 1.29 is 9.26 Å². The number of hydrogen-bond acceptors (Lipinski definition) is 5. The number of halogens is 1. The Kier molecular flexibility index (Phi) is 11.5. The molecule has 0 radical (unpaired) electrons. The second-order valence-corrected chi connectivity index (χ2v) is 6.22. The van der Waals surface area contributed by atoms with Crippen LogP contribution in [0.4, 0.5) is 0 Å². The van der Waals surface area contributed by atoms with Gasteiger partial charge in [-0.3, -0.25) is 0 Å². The molecule has 0 aliphatic carbocycles. The minimum absolute atomic E-state index is 0. The summed E-state index contributed by atoms with van der Waals surface area (Å²) >= 11 is 0. The highest BCUT2D eigenvalue weighted by Crippen LogP contribution is 2.22. The van der Waals surface area contributed by atoms with Gasteiger partial charge in [-0.1, -0.05) is 19.0 Å². The number of aromatic nitrogens is 2. The SMILES string of the molecule is CCNC(=NCc1ccnc(OCC)c1)NCc1cc(C(CC)CC)no1.I. The molecule has 2 aromatic rings. The Morgan fingerprint density at radius 2 is 1.96 bits per heavy atom. The molecule has 0 aliphatic rings. The van der Waals surface area contributed by atoms with Crippen LogP contribution in [0.25, 0.3) is 0 Å². The van der Waals surface area contributed by atoms with Crippen LogP contribution in [0.15, 0.2) is 33.9 Å². The largest absolute Gasteiger partial charge is 0.478 e. The molecular weight excluding hydrogens is 469 g/mol. The van der Waals surface area contributed by atoms with Gasteiger partial charge in [-0.2, -0.15) is 0 Å². The lowest BCUT2D eigenvalue weighted by atomic mass is 9.99. The van der Waals surface area contributed by atoms with Crippen LogP contribution in [0.3, 0.4) is 0 Å². The number of nitrogens with one attached hydrogen (secondary N) is 2. The van der Waals surface area contributed by atoms with Crippen molar-refractivity contribution >= 4 is 29.9 Å². The van der Waals surface area contributed by atoms with Crippen molar-refractivity contribution in [3.63, 3.8) is 0 Å². The summed E-state index contributed by atoms with van der Waals surface area (Å²) in [4.78, 5) is 8.80. The molecule has 8 heteroatoms. The molecule has 0 amide bonds. The van der Waals surface area contributed by atoms with Crippen LogP contribution in [0, 0.1) is 0 Å². The summed E-state index contributed by atoms with van der Waals surface area (Å²) in [5, 5.41) is 10.7. The number of ether oxygens (including phenoxy) is 1. The lowest BCUT2D eigenvalue weighted by molar-refractivity contribution is 0.326. The van der Waals surface area contributed by atoms with Gasteiger partial charge in [0.15, 0.2) is 11.7 Å². The summed E-state index contributed by atoms with van der Waals surface area (Å²) in [6.45, 7) is 10.8. The van der Waals surface area contributed by atoms with E-state index in [1.54, 1.807) is 6.20 Å². The third-order valence-corrected chi connectivity index (χ3v) is 4.27. The molecule has 0 atom stereocenters. The summed E-state index contributed by atoms with van der Waals surface area (Å²) in [5.74, 6) is 2.62. The van der Waals surface area contributed by atoms with Crippen molar-refractivity contribution in [1.29, 1.82) is 0 Å². The molecule has 28 heavy (non-hydrogen) atoms. The first-order chi connectivity index (χ1) is 13.2. The Morgan fingerprint density at radius 3 is 2.64 bits per heavy atom. The third-order valence-electron chi connectivity index (χ3n) is 4.27. The standard InChI is InChI=1S/C20H31N5O2.HI/c1-5-16(6-2)18-12-17(27-25-18)14-24-20(21-7-3)23-13-15-9-10-22-19(11-15)26-8-4;/h9-12,16H,5-8,13-14H2,1-4H3,(H2,21,23,24);1H. The van der Waals surface area contributed by atoms with Gasteiger partial charge in [0.1, 0.15) is 0 Å². The van der Waals surface area contributed by atoms with Gasteiger partial charge in [0.2, 0.25) is 5.88 Å². The molecule has 0 bridgehead atoms. The first kappa shape index (κ1) is 24.2. The van der Waals surface area contributed by atoms with Crippen molar-refractivity contribution in [3.8, 4) is 5.88 Å². The quantitative estimate of drug-likeness (QED) is 0.288. The zero-order valence-corrected chi connectivity index (χ0v) is 19.5. The van der Waals surface area contributed by atoms with E-state index in [1.807, 2.05) is 32.0 Å². The predicted octanol–water partition coefficient (Wildman–Crippen LogP) is 4.25. The average molecular weight is 501 g/mol. The summed E-state index contributed by atoms with van der Waals surface area (Å²) in [6, 6.07) is 5.88. The highest BCUT2D eigenvalue weighted by atomic mass is 127. The smallest absolute Gasteiger partial charge is 0.213 e. The van der Waals surface area contributed by atoms with Gasteiger partial charge in [-0.25, -0.2) is 9.98 Å². The van der Waals surface area contributed by atoms with Crippen LogP contribution < -0.4 is 15.4 Å². The van der Waals surface area contributed by atoms with Crippen molar-refractivity contribution in [1.82, 2.24) is 20.8 Å². The lowest BCUT2D eigenvalue weighted by Crippen LogP contribution is -2.36. The Hall–Kier alpha value is -1.84. The van der Waals surface area contributed by atoms with Crippen molar-refractivity contribution in [3.05, 3.63) is 41.4 Å². The maximum atomic E-state index is 5.46. The topological polar surface area (TPSA) is 84.6 Å². The number of guanidine groups is 1. The molecule has 0 aliphatic heterocycles. The molecule has 0 fully saturated rings. The summed E-state index contributed by atoms with van der Waals surface area (Å²) < 4.78 is 10.9. The highest BCUT2D eigenvalue weighted by molar-refractivity contribution is 14.0. The summed E-state index contributed by atoms with van der Waals surface area (Å²) in [5.41, 5.74) is 2.07. The van der Waals surface area contributed by atoms with Crippen molar-refractivity contribution in [2.75, 3.05) is 13.2 Å². The van der Waals surface area contributed by atoms with Crippen LogP contribution in [0.2, 0.25) is 0 Å². The minimum Gasteiger partial charge on any atom is -0.478 e. The van der Waals surface area contributed by atoms with E-state index in [1.165, 1.54) is 0 Å². The molecule has 2 aromatic heterocycles. The molecule has 0 saturated carbocycles. The first-order valence-electron chi connectivity index (χ1n) is 9.75. The van der Waals surface area contributed by atoms with Gasteiger partial charge in [-0.15, -0.1) is 24.0 Å². The zero-order valence-electron chi connectivity index (χ0n) is 17.2. The summed E-state index contributed by atoms with van der Waals surface area (Å²) in [7, 11) is 0. The molecule has 0 saturated heterocycles. The van der Waals surface area contributed by atoms with Crippen LogP contribution in [0.5, 0.6) is 5.88 Å². The predicted molar refractivity (Wildman–Crippen MR) is 122 cm³/mol. The van der Waals surface area contributed by atoms with Gasteiger partial charge < -0.3 is 19.9 Å². The fourth-order valence-electron chi connectivity index (χ4n) is 2.77. The molecule has 2 N–H and O–H groups in total. The maximum absolute atomic E-state index is 5.46. The van der Waals surface area contributed by atoms with E-state index in [4.69, 9.17) is 9.26 Å². The van der Waals surface area contributed by atoms with Gasteiger partial charge in [0.25, 0.3) is 0 Å². The van der Waals surface area contributed by atoms with E-state index in [9.17, 15) is 0 Å². The molecule has 7 nitrogen and oxygen atoms in total. The monoisotopic (exact) mass is 501 g/mol. The summed E-state index contributed by atoms with van der Waals surface area (Å²) in [6.07, 6.45) is 3.87. The highest BCUT2D eigenvalue weighted by Gasteiger charge is 2.13. The Balaban J connectivity index is 0.00000392. The van der Waals surface area contributed by atoms with E-state index in [-0.39, 0.29) is 24.0 Å². The van der Waals surface area contributed by atoms with E-state index < -0.39 is 0 Å². The zero-order chi connectivity index (χ0) is 19.5. The third kappa shape index (κ3) is 7.65.